The Labute approximate surface area is 228 Å². The van der Waals surface area contributed by atoms with Gasteiger partial charge in [0.1, 0.15) is 24.0 Å². The van der Waals surface area contributed by atoms with E-state index in [0.29, 0.717) is 11.4 Å². The van der Waals surface area contributed by atoms with Crippen LogP contribution in [0.4, 0.5) is 8.78 Å². The van der Waals surface area contributed by atoms with Crippen LogP contribution >= 0.6 is 0 Å². The van der Waals surface area contributed by atoms with Gasteiger partial charge in [0.05, 0.1) is 6.61 Å². The molecule has 1 atom stereocenters. The van der Waals surface area contributed by atoms with Crippen molar-refractivity contribution in [3.63, 3.8) is 0 Å². The van der Waals surface area contributed by atoms with Crippen LogP contribution in [-0.2, 0) is 16.6 Å². The molecular weight excluding hydrogens is 526 g/mol. The van der Waals surface area contributed by atoms with Gasteiger partial charge < -0.3 is 29.6 Å². The Balaban J connectivity index is 1.74. The summed E-state index contributed by atoms with van der Waals surface area (Å²) in [5.74, 6) is -3.47. The van der Waals surface area contributed by atoms with E-state index >= 15 is 8.78 Å². The fourth-order valence-corrected chi connectivity index (χ4v) is 3.84. The van der Waals surface area contributed by atoms with Crippen LogP contribution in [0.1, 0.15) is 19.4 Å². The molecule has 2 heterocycles. The van der Waals surface area contributed by atoms with Crippen molar-refractivity contribution in [1.82, 2.24) is 20.0 Å². The van der Waals surface area contributed by atoms with Crippen LogP contribution in [0.5, 0.6) is 17.2 Å². The smallest absolute Gasteiger partial charge is 0.321 e. The molecular formula is C27H28F2N6O5. The van der Waals surface area contributed by atoms with Gasteiger partial charge in [-0.25, -0.2) is 24.2 Å². The number of nitrogens with zero attached hydrogens (tertiary/aromatic N) is 3. The van der Waals surface area contributed by atoms with Crippen LogP contribution in [0.2, 0.25) is 0 Å². The number of amidine groups is 1. The van der Waals surface area contributed by atoms with E-state index in [9.17, 15) is 9.90 Å². The van der Waals surface area contributed by atoms with Gasteiger partial charge in [-0.15, -0.1) is 0 Å². The topological polar surface area (TPSA) is 148 Å². The first-order chi connectivity index (χ1) is 19.1. The molecule has 1 aliphatic rings. The summed E-state index contributed by atoms with van der Waals surface area (Å²) in [4.78, 5) is 16.4. The molecule has 40 heavy (non-hydrogen) atoms. The van der Waals surface area contributed by atoms with Crippen LogP contribution in [0, 0.1) is 5.41 Å². The maximum atomic E-state index is 15.6. The first kappa shape index (κ1) is 28.1. The van der Waals surface area contributed by atoms with Crippen LogP contribution < -0.4 is 20.6 Å². The lowest BCUT2D eigenvalue weighted by atomic mass is 10.1. The molecule has 2 aromatic carbocycles. The highest BCUT2D eigenvalue weighted by atomic mass is 19.1. The third-order valence-electron chi connectivity index (χ3n) is 5.88. The average molecular weight is 555 g/mol. The molecule has 3 aromatic rings. The Morgan fingerprint density at radius 3 is 2.70 bits per heavy atom. The van der Waals surface area contributed by atoms with E-state index in [1.807, 2.05) is 7.05 Å². The number of hydrazine groups is 1. The van der Waals surface area contributed by atoms with Gasteiger partial charge in [0.15, 0.2) is 23.2 Å². The number of nitrogen functional groups attached to an aromatic ring is 1. The third kappa shape index (κ3) is 5.89. The molecule has 210 valence electrons. The second-order valence-electron chi connectivity index (χ2n) is 8.66. The van der Waals surface area contributed by atoms with Crippen molar-refractivity contribution < 1.29 is 32.9 Å². The zero-order chi connectivity index (χ0) is 29.0. The number of rotatable bonds is 10. The summed E-state index contributed by atoms with van der Waals surface area (Å²) in [5.41, 5.74) is 8.59. The van der Waals surface area contributed by atoms with Gasteiger partial charge in [0, 0.05) is 36.1 Å². The van der Waals surface area contributed by atoms with Crippen LogP contribution in [0.25, 0.3) is 11.4 Å². The molecule has 0 radical (unpaired) electrons. The SMILES string of the molecule is CCOC(=O)CNN1C(Oc2cccc(-c3nccn3C)c2)=C(F)C(C)=C(F)C1Oc1cc(C(=N)N)ccc1O. The van der Waals surface area contributed by atoms with E-state index in [4.69, 9.17) is 25.4 Å². The number of carbonyl (C=O) groups is 1. The van der Waals surface area contributed by atoms with Crippen LogP contribution in [0.15, 0.2) is 78.0 Å². The van der Waals surface area contributed by atoms with E-state index in [-0.39, 0.29) is 35.3 Å². The maximum absolute atomic E-state index is 15.6. The van der Waals surface area contributed by atoms with Crippen molar-refractivity contribution in [1.29, 1.82) is 5.41 Å². The second kappa shape index (κ2) is 11.9. The number of esters is 1. The van der Waals surface area contributed by atoms with Gasteiger partial charge in [-0.3, -0.25) is 10.2 Å². The molecule has 0 bridgehead atoms. The van der Waals surface area contributed by atoms with Gasteiger partial charge in [-0.1, -0.05) is 12.1 Å². The summed E-state index contributed by atoms with van der Waals surface area (Å²) in [5, 5.41) is 18.9. The molecule has 0 saturated carbocycles. The second-order valence-corrected chi connectivity index (χ2v) is 8.66. The fourth-order valence-electron chi connectivity index (χ4n) is 3.84. The van der Waals surface area contributed by atoms with Crippen molar-refractivity contribution in [3.8, 4) is 28.6 Å². The van der Waals surface area contributed by atoms with Crippen LogP contribution in [0.3, 0.4) is 0 Å². The number of aromatic nitrogens is 2. The number of hydrogen-bond donors (Lipinski definition) is 4. The number of nitrogens with one attached hydrogen (secondary N) is 2. The number of ether oxygens (including phenoxy) is 3. The minimum Gasteiger partial charge on any atom is -0.504 e. The number of nitrogens with two attached hydrogens (primary N) is 1. The van der Waals surface area contributed by atoms with Crippen molar-refractivity contribution >= 4 is 11.8 Å². The summed E-state index contributed by atoms with van der Waals surface area (Å²) in [6.07, 6.45) is 1.65. The van der Waals surface area contributed by atoms with Gasteiger partial charge in [-0.05, 0) is 44.2 Å². The number of aryl methyl sites for hydroxylation is 1. The standard InChI is InChI=1S/C27H28F2N6O5/c1-4-38-21(37)14-33-35-26(39-18-7-5-6-17(12-18)25-32-10-11-34(25)3)22(28)15(2)23(29)27(35)40-20-13-16(24(30)31)8-9-19(20)36/h5-13,27,33,36H,4,14H2,1-3H3,(H3,30,31). The predicted octanol–water partition coefficient (Wildman–Crippen LogP) is 3.63. The van der Waals surface area contributed by atoms with Crippen LogP contribution in [-0.4, -0.2) is 50.9 Å². The Morgan fingerprint density at radius 2 is 2.02 bits per heavy atom. The molecule has 4 rings (SSSR count). The number of aromatic hydroxyl groups is 1. The molecule has 5 N–H and O–H groups in total. The molecule has 1 unspecified atom stereocenters. The number of halogens is 2. The van der Waals surface area contributed by atoms with E-state index in [0.717, 1.165) is 5.01 Å². The van der Waals surface area contributed by atoms with Gasteiger partial charge in [0.25, 0.3) is 5.88 Å². The quantitative estimate of drug-likeness (QED) is 0.168. The monoisotopic (exact) mass is 554 g/mol. The van der Waals surface area contributed by atoms with Crippen molar-refractivity contribution in [3.05, 3.63) is 83.5 Å². The number of benzene rings is 2. The third-order valence-corrected chi connectivity index (χ3v) is 5.88. The number of allylic oxidation sites excluding steroid dienone is 2. The molecule has 11 nitrogen and oxygen atoms in total. The molecule has 13 heteroatoms. The maximum Gasteiger partial charge on any atom is 0.321 e. The Morgan fingerprint density at radius 1 is 1.25 bits per heavy atom. The molecule has 0 aliphatic carbocycles. The van der Waals surface area contributed by atoms with Crippen molar-refractivity contribution in [2.75, 3.05) is 13.2 Å². The van der Waals surface area contributed by atoms with Gasteiger partial charge >= 0.3 is 5.97 Å². The highest BCUT2D eigenvalue weighted by Crippen LogP contribution is 2.37. The minimum atomic E-state index is -1.74. The highest BCUT2D eigenvalue weighted by molar-refractivity contribution is 5.95. The molecule has 0 fully saturated rings. The number of phenols is 1. The highest BCUT2D eigenvalue weighted by Gasteiger charge is 2.39. The van der Waals surface area contributed by atoms with E-state index in [1.54, 1.807) is 48.1 Å². The Kier molecular flexibility index (Phi) is 8.34. The Bertz CT molecular complexity index is 1500. The van der Waals surface area contributed by atoms with Crippen molar-refractivity contribution in [2.24, 2.45) is 12.8 Å². The molecule has 0 spiro atoms. The zero-order valence-electron chi connectivity index (χ0n) is 21.9. The van der Waals surface area contributed by atoms with E-state index in [2.05, 4.69) is 10.4 Å². The van der Waals surface area contributed by atoms with Gasteiger partial charge in [-0.2, -0.15) is 0 Å². The van der Waals surface area contributed by atoms with E-state index in [1.165, 1.54) is 25.1 Å². The molecule has 0 saturated heterocycles. The fraction of sp³-hybridized carbons (Fsp3) is 0.222. The first-order valence-corrected chi connectivity index (χ1v) is 12.1. The van der Waals surface area contributed by atoms with E-state index < -0.39 is 41.9 Å². The lowest BCUT2D eigenvalue weighted by Crippen LogP contribution is -2.53. The average Bonchev–Trinajstić information content (AvgIpc) is 3.36. The molecule has 1 aliphatic heterocycles. The molecule has 0 amide bonds. The Hall–Kier alpha value is -4.91. The number of carbonyl (C=O) groups excluding carboxylic acids is 1. The summed E-state index contributed by atoms with van der Waals surface area (Å²) < 4.78 is 49.6. The summed E-state index contributed by atoms with van der Waals surface area (Å²) >= 11 is 0. The van der Waals surface area contributed by atoms with Crippen molar-refractivity contribution in [2.45, 2.75) is 20.1 Å². The minimum absolute atomic E-state index is 0.0903. The summed E-state index contributed by atoms with van der Waals surface area (Å²) in [6.45, 7) is 2.41. The zero-order valence-corrected chi connectivity index (χ0v) is 21.9. The normalized spacial score (nSPS) is 15.3. The first-order valence-electron chi connectivity index (χ1n) is 12.1. The largest absolute Gasteiger partial charge is 0.504 e. The molecule has 1 aromatic heterocycles. The summed E-state index contributed by atoms with van der Waals surface area (Å²) in [7, 11) is 1.82. The van der Waals surface area contributed by atoms with Gasteiger partial charge in [0.2, 0.25) is 6.23 Å². The number of imidazole rings is 1. The number of hydrogen-bond acceptors (Lipinski definition) is 9. The lowest BCUT2D eigenvalue weighted by molar-refractivity contribution is -0.144. The summed E-state index contributed by atoms with van der Waals surface area (Å²) in [6, 6.07) is 10.5. The predicted molar refractivity (Wildman–Crippen MR) is 141 cm³/mol. The number of phenolic OH excluding ortho intramolecular Hbond substituents is 1. The lowest BCUT2D eigenvalue weighted by Gasteiger charge is -2.36.